The minimum absolute atomic E-state index is 0.0319. The molecule has 4 nitrogen and oxygen atoms in total. The molecule has 0 fully saturated rings. The first-order valence-electron chi connectivity index (χ1n) is 8.48. The summed E-state index contributed by atoms with van der Waals surface area (Å²) in [4.78, 5) is 11.7. The fourth-order valence-corrected chi connectivity index (χ4v) is 1.99. The number of ketones is 1. The summed E-state index contributed by atoms with van der Waals surface area (Å²) in [7, 11) is 0. The van der Waals surface area contributed by atoms with Gasteiger partial charge in [0.25, 0.3) is 0 Å². The van der Waals surface area contributed by atoms with E-state index in [1.165, 1.54) is 0 Å². The number of nitrogens with one attached hydrogen (secondary N) is 1. The summed E-state index contributed by atoms with van der Waals surface area (Å²) in [5.74, 6) is 0.0319. The van der Waals surface area contributed by atoms with E-state index in [1.807, 2.05) is 103 Å². The first kappa shape index (κ1) is 19.5. The van der Waals surface area contributed by atoms with Gasteiger partial charge in [-0.1, -0.05) is 103 Å². The fourth-order valence-electron chi connectivity index (χ4n) is 1.99. The van der Waals surface area contributed by atoms with Crippen molar-refractivity contribution >= 4 is 11.9 Å². The molecule has 134 valence electrons. The van der Waals surface area contributed by atoms with Gasteiger partial charge in [-0.05, 0) is 11.6 Å². The van der Waals surface area contributed by atoms with Crippen LogP contribution in [-0.4, -0.2) is 21.2 Å². The van der Waals surface area contributed by atoms with E-state index in [9.17, 15) is 4.79 Å². The number of aromatic nitrogens is 3. The third kappa shape index (κ3) is 8.74. The van der Waals surface area contributed by atoms with Gasteiger partial charge < -0.3 is 0 Å². The molecule has 3 aromatic carbocycles. The molecule has 0 atom stereocenters. The number of rotatable bonds is 3. The summed E-state index contributed by atoms with van der Waals surface area (Å²) in [6.45, 7) is 0. The fraction of sp³-hybridized carbons (Fsp3) is 0. The summed E-state index contributed by atoms with van der Waals surface area (Å²) in [6.07, 6.45) is 6.60. The number of allylic oxidation sites excluding steroid dienone is 1. The number of benzene rings is 3. The Hall–Kier alpha value is -3.79. The molecule has 0 radical (unpaired) electrons. The zero-order chi connectivity index (χ0) is 19.0. The van der Waals surface area contributed by atoms with Crippen molar-refractivity contribution in [2.75, 3.05) is 0 Å². The van der Waals surface area contributed by atoms with E-state index >= 15 is 0 Å². The SMILES string of the molecule is O=C(C=Cc1ccccc1)c1ccccc1.c1ccccc1.c1cn[nH]n1. The highest BCUT2D eigenvalue weighted by Crippen LogP contribution is 2.05. The molecule has 0 saturated carbocycles. The van der Waals surface area contributed by atoms with Crippen LogP contribution in [0, 0.1) is 0 Å². The van der Waals surface area contributed by atoms with Crippen LogP contribution in [0.1, 0.15) is 15.9 Å². The first-order chi connectivity index (χ1) is 13.4. The summed E-state index contributed by atoms with van der Waals surface area (Å²) in [6, 6.07) is 31.1. The Bertz CT molecular complexity index is 831. The van der Waals surface area contributed by atoms with E-state index in [2.05, 4.69) is 15.4 Å². The third-order valence-electron chi connectivity index (χ3n) is 3.28. The molecule has 4 heteroatoms. The summed E-state index contributed by atoms with van der Waals surface area (Å²) in [5.41, 5.74) is 1.75. The van der Waals surface area contributed by atoms with Gasteiger partial charge in [0.1, 0.15) is 0 Å². The lowest BCUT2D eigenvalue weighted by Crippen LogP contribution is -1.92. The third-order valence-corrected chi connectivity index (χ3v) is 3.28. The molecule has 4 aromatic rings. The molecule has 0 amide bonds. The van der Waals surface area contributed by atoms with Crippen molar-refractivity contribution in [3.8, 4) is 0 Å². The van der Waals surface area contributed by atoms with Crippen LogP contribution >= 0.6 is 0 Å². The number of carbonyl (C=O) groups excluding carboxylic acids is 1. The highest BCUT2D eigenvalue weighted by atomic mass is 16.1. The second kappa shape index (κ2) is 12.6. The van der Waals surface area contributed by atoms with Crippen LogP contribution in [0.25, 0.3) is 6.08 Å². The highest BCUT2D eigenvalue weighted by Gasteiger charge is 1.98. The highest BCUT2D eigenvalue weighted by molar-refractivity contribution is 6.06. The van der Waals surface area contributed by atoms with Gasteiger partial charge in [0.15, 0.2) is 5.78 Å². The van der Waals surface area contributed by atoms with Crippen molar-refractivity contribution in [3.63, 3.8) is 0 Å². The van der Waals surface area contributed by atoms with Crippen LogP contribution in [-0.2, 0) is 0 Å². The van der Waals surface area contributed by atoms with Crippen LogP contribution in [0.15, 0.2) is 116 Å². The molecule has 1 aromatic heterocycles. The number of aromatic amines is 1. The van der Waals surface area contributed by atoms with Gasteiger partial charge in [-0.25, -0.2) is 0 Å². The monoisotopic (exact) mass is 355 g/mol. The molecule has 0 bridgehead atoms. The summed E-state index contributed by atoms with van der Waals surface area (Å²) >= 11 is 0. The Kier molecular flexibility index (Phi) is 9.08. The predicted molar refractivity (Wildman–Crippen MR) is 109 cm³/mol. The van der Waals surface area contributed by atoms with Gasteiger partial charge in [0.2, 0.25) is 0 Å². The molecule has 1 heterocycles. The zero-order valence-corrected chi connectivity index (χ0v) is 14.8. The van der Waals surface area contributed by atoms with Crippen LogP contribution in [0.4, 0.5) is 0 Å². The second-order valence-corrected chi connectivity index (χ2v) is 5.29. The van der Waals surface area contributed by atoms with Crippen molar-refractivity contribution < 1.29 is 4.79 Å². The lowest BCUT2D eigenvalue weighted by atomic mass is 10.1. The number of hydrogen-bond acceptors (Lipinski definition) is 3. The average Bonchev–Trinajstić information content (AvgIpc) is 3.35. The van der Waals surface area contributed by atoms with E-state index in [0.717, 1.165) is 11.1 Å². The molecule has 0 spiro atoms. The number of carbonyl (C=O) groups is 1. The second-order valence-electron chi connectivity index (χ2n) is 5.29. The molecular weight excluding hydrogens is 334 g/mol. The molecule has 0 aliphatic rings. The van der Waals surface area contributed by atoms with E-state index in [-0.39, 0.29) is 5.78 Å². The number of nitrogens with zero attached hydrogens (tertiary/aromatic N) is 2. The smallest absolute Gasteiger partial charge is 0.185 e. The molecular formula is C23H21N3O. The Morgan fingerprint density at radius 3 is 1.56 bits per heavy atom. The zero-order valence-electron chi connectivity index (χ0n) is 14.8. The number of hydrogen-bond donors (Lipinski definition) is 1. The topological polar surface area (TPSA) is 58.6 Å². The molecule has 0 unspecified atom stereocenters. The Morgan fingerprint density at radius 2 is 1.11 bits per heavy atom. The van der Waals surface area contributed by atoms with E-state index in [1.54, 1.807) is 18.5 Å². The van der Waals surface area contributed by atoms with Gasteiger partial charge in [-0.15, -0.1) is 0 Å². The van der Waals surface area contributed by atoms with Crippen molar-refractivity contribution in [1.82, 2.24) is 15.4 Å². The molecule has 4 rings (SSSR count). The minimum Gasteiger partial charge on any atom is -0.289 e. The molecule has 27 heavy (non-hydrogen) atoms. The predicted octanol–water partition coefficient (Wildman–Crippen LogP) is 5.07. The Labute approximate surface area is 159 Å². The maximum absolute atomic E-state index is 11.7. The minimum atomic E-state index is 0.0319. The quantitative estimate of drug-likeness (QED) is 0.412. The molecule has 0 aliphatic carbocycles. The normalized spacial score (nSPS) is 9.48. The van der Waals surface area contributed by atoms with Crippen LogP contribution in [0.3, 0.4) is 0 Å². The summed E-state index contributed by atoms with van der Waals surface area (Å²) < 4.78 is 0. The standard InChI is InChI=1S/C15H12O.C6H6.C2H3N3/c16-15(14-9-5-2-6-10-14)12-11-13-7-3-1-4-8-13;1-2-4-6-5-3-1;1-2-4-5-3-1/h1-12H;1-6H;1-2H,(H,3,4,5). The van der Waals surface area contributed by atoms with Gasteiger partial charge in [0.05, 0.1) is 12.4 Å². The molecule has 1 N–H and O–H groups in total. The van der Waals surface area contributed by atoms with Crippen LogP contribution in [0.2, 0.25) is 0 Å². The average molecular weight is 355 g/mol. The first-order valence-corrected chi connectivity index (χ1v) is 8.48. The number of H-pyrrole nitrogens is 1. The van der Waals surface area contributed by atoms with Crippen molar-refractivity contribution in [1.29, 1.82) is 0 Å². The largest absolute Gasteiger partial charge is 0.289 e. The van der Waals surface area contributed by atoms with Crippen molar-refractivity contribution in [2.45, 2.75) is 0 Å². The van der Waals surface area contributed by atoms with Crippen molar-refractivity contribution in [2.24, 2.45) is 0 Å². The summed E-state index contributed by atoms with van der Waals surface area (Å²) in [5, 5.41) is 9.33. The Balaban J connectivity index is 0.000000192. The van der Waals surface area contributed by atoms with Gasteiger partial charge in [-0.3, -0.25) is 4.79 Å². The van der Waals surface area contributed by atoms with Gasteiger partial charge >= 0.3 is 0 Å². The van der Waals surface area contributed by atoms with E-state index < -0.39 is 0 Å². The maximum atomic E-state index is 11.7. The van der Waals surface area contributed by atoms with Gasteiger partial charge in [-0.2, -0.15) is 15.4 Å². The Morgan fingerprint density at radius 1 is 0.667 bits per heavy atom. The maximum Gasteiger partial charge on any atom is 0.185 e. The molecule has 0 aliphatic heterocycles. The molecule has 0 saturated heterocycles. The van der Waals surface area contributed by atoms with Crippen molar-refractivity contribution in [3.05, 3.63) is 127 Å². The van der Waals surface area contributed by atoms with Gasteiger partial charge in [0, 0.05) is 5.56 Å². The van der Waals surface area contributed by atoms with E-state index in [0.29, 0.717) is 0 Å². The van der Waals surface area contributed by atoms with Crippen LogP contribution < -0.4 is 0 Å². The van der Waals surface area contributed by atoms with E-state index in [4.69, 9.17) is 0 Å². The lowest BCUT2D eigenvalue weighted by molar-refractivity contribution is 0.104. The van der Waals surface area contributed by atoms with Crippen LogP contribution in [0.5, 0.6) is 0 Å². The lowest BCUT2D eigenvalue weighted by Gasteiger charge is -1.94.